The van der Waals surface area contributed by atoms with Crippen molar-refractivity contribution in [1.29, 1.82) is 0 Å². The fourth-order valence-electron chi connectivity index (χ4n) is 1.73. The fourth-order valence-corrected chi connectivity index (χ4v) is 1.73. The Labute approximate surface area is 123 Å². The van der Waals surface area contributed by atoms with Gasteiger partial charge in [0.1, 0.15) is 5.82 Å². The molecular formula is C15H21FN2O3. The van der Waals surface area contributed by atoms with Crippen LogP contribution >= 0.6 is 0 Å². The molecule has 0 bridgehead atoms. The Morgan fingerprint density at radius 1 is 1.29 bits per heavy atom. The van der Waals surface area contributed by atoms with Crippen LogP contribution in [-0.2, 0) is 4.79 Å². The van der Waals surface area contributed by atoms with E-state index in [2.05, 4.69) is 10.6 Å². The van der Waals surface area contributed by atoms with E-state index in [1.807, 2.05) is 6.92 Å². The third-order valence-electron chi connectivity index (χ3n) is 3.04. The van der Waals surface area contributed by atoms with E-state index in [1.54, 1.807) is 6.07 Å². The highest BCUT2D eigenvalue weighted by Crippen LogP contribution is 2.05. The van der Waals surface area contributed by atoms with Crippen molar-refractivity contribution in [3.8, 4) is 0 Å². The number of carbonyl (C=O) groups excluding carboxylic acids is 2. The zero-order valence-corrected chi connectivity index (χ0v) is 12.1. The summed E-state index contributed by atoms with van der Waals surface area (Å²) in [6, 6.07) is 5.60. The van der Waals surface area contributed by atoms with E-state index in [-0.39, 0.29) is 30.5 Å². The average Bonchev–Trinajstić information content (AvgIpc) is 2.49. The Morgan fingerprint density at radius 2 is 2.00 bits per heavy atom. The van der Waals surface area contributed by atoms with E-state index >= 15 is 0 Å². The van der Waals surface area contributed by atoms with Crippen LogP contribution in [0.4, 0.5) is 4.39 Å². The van der Waals surface area contributed by atoms with Crippen LogP contribution in [0.1, 0.15) is 30.1 Å². The predicted molar refractivity (Wildman–Crippen MR) is 77.2 cm³/mol. The Morgan fingerprint density at radius 3 is 2.67 bits per heavy atom. The molecule has 1 unspecified atom stereocenters. The molecule has 0 saturated heterocycles. The minimum Gasteiger partial charge on any atom is -0.396 e. The number of amides is 2. The molecule has 1 aromatic rings. The van der Waals surface area contributed by atoms with Gasteiger partial charge in [0, 0.05) is 13.2 Å². The summed E-state index contributed by atoms with van der Waals surface area (Å²) in [5.74, 6) is -1.34. The second-order valence-corrected chi connectivity index (χ2v) is 4.94. The number of benzene rings is 1. The molecule has 0 fully saturated rings. The summed E-state index contributed by atoms with van der Waals surface area (Å²) in [4.78, 5) is 23.2. The molecule has 2 amide bonds. The van der Waals surface area contributed by atoms with Crippen LogP contribution in [0.2, 0.25) is 0 Å². The molecule has 0 aliphatic rings. The molecule has 0 radical (unpaired) electrons. The number of hydrogen-bond donors (Lipinski definition) is 3. The predicted octanol–water partition coefficient (Wildman–Crippen LogP) is 1.08. The molecule has 1 atom stereocenters. The summed E-state index contributed by atoms with van der Waals surface area (Å²) in [7, 11) is 0. The van der Waals surface area contributed by atoms with Crippen LogP contribution in [0.3, 0.4) is 0 Å². The highest BCUT2D eigenvalue weighted by molar-refractivity contribution is 5.96. The molecule has 6 heteroatoms. The van der Waals surface area contributed by atoms with Crippen LogP contribution in [0.5, 0.6) is 0 Å². The normalized spacial score (nSPS) is 11.8. The lowest BCUT2D eigenvalue weighted by Crippen LogP contribution is -2.37. The van der Waals surface area contributed by atoms with Crippen molar-refractivity contribution < 1.29 is 19.1 Å². The first-order chi connectivity index (χ1) is 10.0. The molecule has 21 heavy (non-hydrogen) atoms. The van der Waals surface area contributed by atoms with Crippen LogP contribution in [0, 0.1) is 11.7 Å². The molecule has 0 saturated carbocycles. The van der Waals surface area contributed by atoms with Crippen molar-refractivity contribution in [1.82, 2.24) is 10.6 Å². The zero-order valence-electron chi connectivity index (χ0n) is 12.1. The summed E-state index contributed by atoms with van der Waals surface area (Å²) in [5, 5.41) is 13.9. The highest BCUT2D eigenvalue weighted by Gasteiger charge is 2.11. The van der Waals surface area contributed by atoms with Crippen LogP contribution in [-0.4, -0.2) is 36.6 Å². The van der Waals surface area contributed by atoms with Crippen LogP contribution in [0.25, 0.3) is 0 Å². The van der Waals surface area contributed by atoms with Crippen LogP contribution in [0.15, 0.2) is 24.3 Å². The lowest BCUT2D eigenvalue weighted by atomic mass is 10.1. The first-order valence-electron chi connectivity index (χ1n) is 6.95. The van der Waals surface area contributed by atoms with E-state index in [1.165, 1.54) is 18.2 Å². The summed E-state index contributed by atoms with van der Waals surface area (Å²) < 4.78 is 13.3. The molecule has 1 rings (SSSR count). The molecule has 0 aromatic heterocycles. The third-order valence-corrected chi connectivity index (χ3v) is 3.04. The Kier molecular flexibility index (Phi) is 7.39. The molecular weight excluding hydrogens is 275 g/mol. The van der Waals surface area contributed by atoms with E-state index in [4.69, 9.17) is 5.11 Å². The van der Waals surface area contributed by atoms with E-state index in [9.17, 15) is 14.0 Å². The summed E-state index contributed by atoms with van der Waals surface area (Å²) in [5.41, 5.74) is -0.0814. The molecule has 0 aliphatic carbocycles. The number of hydrogen-bond acceptors (Lipinski definition) is 3. The van der Waals surface area contributed by atoms with Crippen molar-refractivity contribution in [2.75, 3.05) is 19.7 Å². The van der Waals surface area contributed by atoms with Gasteiger partial charge in [-0.2, -0.15) is 0 Å². The smallest absolute Gasteiger partial charge is 0.254 e. The number of rotatable bonds is 8. The quantitative estimate of drug-likeness (QED) is 0.628. The van der Waals surface area contributed by atoms with Gasteiger partial charge in [0.2, 0.25) is 5.91 Å². The van der Waals surface area contributed by atoms with Gasteiger partial charge in [0.25, 0.3) is 5.91 Å². The number of aliphatic hydroxyl groups excluding tert-OH is 1. The standard InChI is InChI=1S/C15H21FN2O3/c1-11(10-19)5-4-8-17-14(20)9-18-15(21)12-6-2-3-7-13(12)16/h2-3,6-7,11,19H,4-5,8-10H2,1H3,(H,17,20)(H,18,21). The van der Waals surface area contributed by atoms with Gasteiger partial charge in [-0.1, -0.05) is 19.1 Å². The number of halogens is 1. The number of aliphatic hydroxyl groups is 1. The van der Waals surface area contributed by atoms with Gasteiger partial charge < -0.3 is 15.7 Å². The van der Waals surface area contributed by atoms with Gasteiger partial charge in [0.05, 0.1) is 12.1 Å². The molecule has 1 aromatic carbocycles. The van der Waals surface area contributed by atoms with E-state index in [0.717, 1.165) is 12.8 Å². The Hall–Kier alpha value is -1.95. The van der Waals surface area contributed by atoms with Gasteiger partial charge in [-0.05, 0) is 30.9 Å². The minimum absolute atomic E-state index is 0.0814. The van der Waals surface area contributed by atoms with Gasteiger partial charge in [0.15, 0.2) is 0 Å². The molecule has 3 N–H and O–H groups in total. The minimum atomic E-state index is -0.617. The van der Waals surface area contributed by atoms with Gasteiger partial charge >= 0.3 is 0 Å². The van der Waals surface area contributed by atoms with Crippen molar-refractivity contribution >= 4 is 11.8 Å². The molecule has 5 nitrogen and oxygen atoms in total. The summed E-state index contributed by atoms with van der Waals surface area (Å²) in [6.45, 7) is 2.35. The van der Waals surface area contributed by atoms with Crippen molar-refractivity contribution in [3.63, 3.8) is 0 Å². The Balaban J connectivity index is 2.24. The number of carbonyl (C=O) groups is 2. The van der Waals surface area contributed by atoms with Gasteiger partial charge in [-0.15, -0.1) is 0 Å². The molecule has 0 spiro atoms. The maximum Gasteiger partial charge on any atom is 0.254 e. The second kappa shape index (κ2) is 9.07. The third kappa shape index (κ3) is 6.35. The SMILES string of the molecule is CC(CO)CCCNC(=O)CNC(=O)c1ccccc1F. The largest absolute Gasteiger partial charge is 0.396 e. The lowest BCUT2D eigenvalue weighted by Gasteiger charge is -2.09. The molecule has 116 valence electrons. The Bertz CT molecular complexity index is 480. The lowest BCUT2D eigenvalue weighted by molar-refractivity contribution is -0.120. The monoisotopic (exact) mass is 296 g/mol. The first kappa shape index (κ1) is 17.1. The van der Waals surface area contributed by atoms with Gasteiger partial charge in [-0.3, -0.25) is 9.59 Å². The van der Waals surface area contributed by atoms with E-state index in [0.29, 0.717) is 6.54 Å². The highest BCUT2D eigenvalue weighted by atomic mass is 19.1. The van der Waals surface area contributed by atoms with Crippen molar-refractivity contribution in [2.45, 2.75) is 19.8 Å². The molecule has 0 heterocycles. The van der Waals surface area contributed by atoms with Crippen LogP contribution < -0.4 is 10.6 Å². The fraction of sp³-hybridized carbons (Fsp3) is 0.467. The van der Waals surface area contributed by atoms with Crippen molar-refractivity contribution in [2.24, 2.45) is 5.92 Å². The van der Waals surface area contributed by atoms with E-state index < -0.39 is 11.7 Å². The number of nitrogens with one attached hydrogen (secondary N) is 2. The van der Waals surface area contributed by atoms with Crippen molar-refractivity contribution in [3.05, 3.63) is 35.6 Å². The topological polar surface area (TPSA) is 78.4 Å². The summed E-state index contributed by atoms with van der Waals surface area (Å²) >= 11 is 0. The zero-order chi connectivity index (χ0) is 15.7. The summed E-state index contributed by atoms with van der Waals surface area (Å²) in [6.07, 6.45) is 1.58. The first-order valence-corrected chi connectivity index (χ1v) is 6.95. The average molecular weight is 296 g/mol. The maximum atomic E-state index is 13.3. The maximum absolute atomic E-state index is 13.3. The van der Waals surface area contributed by atoms with Gasteiger partial charge in [-0.25, -0.2) is 4.39 Å². The molecule has 0 aliphatic heterocycles. The second-order valence-electron chi connectivity index (χ2n) is 4.94.